The molecule has 1 aliphatic carbocycles. The third-order valence-electron chi connectivity index (χ3n) is 3.83. The monoisotopic (exact) mass is 283 g/mol. The highest BCUT2D eigenvalue weighted by Crippen LogP contribution is 2.39. The van der Waals surface area contributed by atoms with Crippen molar-refractivity contribution in [2.24, 2.45) is 0 Å². The van der Waals surface area contributed by atoms with Crippen molar-refractivity contribution >= 4 is 11.5 Å². The number of hydrogen-bond acceptors (Lipinski definition) is 5. The van der Waals surface area contributed by atoms with Crippen molar-refractivity contribution < 1.29 is 4.42 Å². The van der Waals surface area contributed by atoms with E-state index in [1.807, 2.05) is 43.4 Å². The van der Waals surface area contributed by atoms with Crippen LogP contribution in [0.25, 0.3) is 5.65 Å². The molecule has 3 aromatic heterocycles. The minimum Gasteiger partial charge on any atom is -0.464 e. The van der Waals surface area contributed by atoms with E-state index in [-0.39, 0.29) is 0 Å². The third-order valence-corrected chi connectivity index (χ3v) is 3.83. The first-order valence-electron chi connectivity index (χ1n) is 7.18. The van der Waals surface area contributed by atoms with Gasteiger partial charge in [-0.05, 0) is 31.9 Å². The minimum atomic E-state index is 0.563. The molecule has 0 atom stereocenters. The summed E-state index contributed by atoms with van der Waals surface area (Å²) >= 11 is 0. The fraction of sp³-hybridized carbons (Fsp3) is 0.400. The molecule has 0 aromatic carbocycles. The molecular weight excluding hydrogens is 266 g/mol. The summed E-state index contributed by atoms with van der Waals surface area (Å²) in [5, 5.41) is 8.66. The van der Waals surface area contributed by atoms with E-state index in [9.17, 15) is 0 Å². The number of fused-ring (bicyclic) bond motifs is 1. The summed E-state index contributed by atoms with van der Waals surface area (Å²) in [6, 6.07) is 3.96. The summed E-state index contributed by atoms with van der Waals surface area (Å²) in [6.07, 6.45) is 6.17. The molecule has 21 heavy (non-hydrogen) atoms. The molecule has 0 bridgehead atoms. The second kappa shape index (κ2) is 4.58. The van der Waals surface area contributed by atoms with Crippen molar-refractivity contribution in [2.45, 2.75) is 32.2 Å². The summed E-state index contributed by atoms with van der Waals surface area (Å²) in [4.78, 5) is 6.50. The van der Waals surface area contributed by atoms with Gasteiger partial charge in [-0.25, -0.2) is 4.98 Å². The molecule has 1 fully saturated rings. The molecule has 1 saturated carbocycles. The van der Waals surface area contributed by atoms with Gasteiger partial charge in [0.25, 0.3) is 0 Å². The first-order chi connectivity index (χ1) is 10.2. The molecule has 0 saturated heterocycles. The smallest absolute Gasteiger partial charge is 0.203 e. The Morgan fingerprint density at radius 3 is 2.90 bits per heavy atom. The van der Waals surface area contributed by atoms with Crippen LogP contribution in [0.1, 0.15) is 36.1 Å². The van der Waals surface area contributed by atoms with Crippen LogP contribution in [-0.4, -0.2) is 26.6 Å². The SMILES string of the molecule is Cc1ccc(CN(C)c2nccn3c(C4CC4)nnc23)o1. The van der Waals surface area contributed by atoms with Crippen LogP contribution >= 0.6 is 0 Å². The Balaban J connectivity index is 1.69. The van der Waals surface area contributed by atoms with Gasteiger partial charge in [-0.1, -0.05) is 0 Å². The molecule has 3 heterocycles. The average Bonchev–Trinajstić information content (AvgIpc) is 3.10. The highest BCUT2D eigenvalue weighted by Gasteiger charge is 2.29. The maximum atomic E-state index is 5.63. The van der Waals surface area contributed by atoms with Gasteiger partial charge in [0.05, 0.1) is 6.54 Å². The molecular formula is C15H17N5O. The van der Waals surface area contributed by atoms with Crippen LogP contribution in [0.5, 0.6) is 0 Å². The van der Waals surface area contributed by atoms with Crippen molar-refractivity contribution in [1.29, 1.82) is 0 Å². The Labute approximate surface area is 122 Å². The molecule has 0 spiro atoms. The van der Waals surface area contributed by atoms with Crippen LogP contribution in [0.2, 0.25) is 0 Å². The zero-order valence-corrected chi connectivity index (χ0v) is 12.2. The number of anilines is 1. The Kier molecular flexibility index (Phi) is 2.70. The molecule has 0 unspecified atom stereocenters. The van der Waals surface area contributed by atoms with E-state index < -0.39 is 0 Å². The number of hydrogen-bond donors (Lipinski definition) is 0. The van der Waals surface area contributed by atoms with Crippen LogP contribution in [0.15, 0.2) is 28.9 Å². The predicted molar refractivity (Wildman–Crippen MR) is 78.3 cm³/mol. The molecule has 0 amide bonds. The third kappa shape index (κ3) is 2.16. The minimum absolute atomic E-state index is 0.563. The lowest BCUT2D eigenvalue weighted by molar-refractivity contribution is 0.481. The van der Waals surface area contributed by atoms with Crippen LogP contribution in [0, 0.1) is 6.92 Å². The summed E-state index contributed by atoms with van der Waals surface area (Å²) in [5.74, 6) is 4.28. The van der Waals surface area contributed by atoms with E-state index in [0.717, 1.165) is 28.8 Å². The summed E-state index contributed by atoms with van der Waals surface area (Å²) in [7, 11) is 1.99. The van der Waals surface area contributed by atoms with E-state index in [2.05, 4.69) is 19.6 Å². The van der Waals surface area contributed by atoms with Gasteiger partial charge in [-0.2, -0.15) is 0 Å². The Morgan fingerprint density at radius 1 is 1.33 bits per heavy atom. The molecule has 108 valence electrons. The first kappa shape index (κ1) is 12.4. The Morgan fingerprint density at radius 2 is 2.19 bits per heavy atom. The molecule has 6 heteroatoms. The van der Waals surface area contributed by atoms with E-state index >= 15 is 0 Å². The molecule has 1 aliphatic rings. The molecule has 6 nitrogen and oxygen atoms in total. The number of aryl methyl sites for hydroxylation is 1. The summed E-state index contributed by atoms with van der Waals surface area (Å²) < 4.78 is 7.69. The highest BCUT2D eigenvalue weighted by atomic mass is 16.3. The van der Waals surface area contributed by atoms with Gasteiger partial charge in [0.2, 0.25) is 5.65 Å². The van der Waals surface area contributed by atoms with Gasteiger partial charge in [0, 0.05) is 25.4 Å². The van der Waals surface area contributed by atoms with Gasteiger partial charge in [-0.15, -0.1) is 10.2 Å². The van der Waals surface area contributed by atoms with Crippen LogP contribution in [0.4, 0.5) is 5.82 Å². The zero-order valence-electron chi connectivity index (χ0n) is 12.2. The van der Waals surface area contributed by atoms with E-state index in [0.29, 0.717) is 12.5 Å². The summed E-state index contributed by atoms with van der Waals surface area (Å²) in [5.41, 5.74) is 0.810. The Hall–Kier alpha value is -2.37. The molecule has 0 aliphatic heterocycles. The lowest BCUT2D eigenvalue weighted by Gasteiger charge is -2.16. The topological polar surface area (TPSA) is 59.5 Å². The highest BCUT2D eigenvalue weighted by molar-refractivity contribution is 5.63. The van der Waals surface area contributed by atoms with Crippen molar-refractivity contribution in [3.8, 4) is 0 Å². The lowest BCUT2D eigenvalue weighted by atomic mass is 10.4. The van der Waals surface area contributed by atoms with Crippen LogP contribution in [-0.2, 0) is 6.54 Å². The van der Waals surface area contributed by atoms with Crippen molar-refractivity contribution in [2.75, 3.05) is 11.9 Å². The fourth-order valence-electron chi connectivity index (χ4n) is 2.60. The van der Waals surface area contributed by atoms with Crippen molar-refractivity contribution in [3.63, 3.8) is 0 Å². The standard InChI is InChI=1S/C15H17N5O/c1-10-3-6-12(21-10)9-19(2)14-15-18-17-13(11-4-5-11)20(15)8-7-16-14/h3,6-8,11H,4-5,9H2,1-2H3. The summed E-state index contributed by atoms with van der Waals surface area (Å²) in [6.45, 7) is 2.61. The van der Waals surface area contributed by atoms with Gasteiger partial charge in [0.15, 0.2) is 5.82 Å². The maximum absolute atomic E-state index is 5.63. The predicted octanol–water partition coefficient (Wildman–Crippen LogP) is 2.54. The largest absolute Gasteiger partial charge is 0.464 e. The van der Waals surface area contributed by atoms with Crippen molar-refractivity contribution in [1.82, 2.24) is 19.6 Å². The lowest BCUT2D eigenvalue weighted by Crippen LogP contribution is -2.18. The van der Waals surface area contributed by atoms with Crippen LogP contribution in [0.3, 0.4) is 0 Å². The second-order valence-corrected chi connectivity index (χ2v) is 5.65. The maximum Gasteiger partial charge on any atom is 0.203 e. The Bertz CT molecular complexity index is 786. The first-order valence-corrected chi connectivity index (χ1v) is 7.18. The van der Waals surface area contributed by atoms with Crippen LogP contribution < -0.4 is 4.90 Å². The number of aromatic nitrogens is 4. The molecule has 3 aromatic rings. The van der Waals surface area contributed by atoms with Gasteiger partial charge < -0.3 is 9.32 Å². The van der Waals surface area contributed by atoms with Gasteiger partial charge in [-0.3, -0.25) is 4.40 Å². The zero-order chi connectivity index (χ0) is 14.4. The number of rotatable bonds is 4. The number of nitrogens with zero attached hydrogens (tertiary/aromatic N) is 5. The molecule has 0 radical (unpaired) electrons. The molecule has 4 rings (SSSR count). The second-order valence-electron chi connectivity index (χ2n) is 5.65. The van der Waals surface area contributed by atoms with Crippen molar-refractivity contribution in [3.05, 3.63) is 41.9 Å². The van der Waals surface area contributed by atoms with Gasteiger partial charge in [0.1, 0.15) is 17.3 Å². The van der Waals surface area contributed by atoms with Gasteiger partial charge >= 0.3 is 0 Å². The fourth-order valence-corrected chi connectivity index (χ4v) is 2.60. The van der Waals surface area contributed by atoms with E-state index in [4.69, 9.17) is 4.42 Å². The average molecular weight is 283 g/mol. The molecule has 0 N–H and O–H groups in total. The van der Waals surface area contributed by atoms with E-state index in [1.165, 1.54) is 12.8 Å². The normalized spacial score (nSPS) is 14.8. The number of furan rings is 1. The van der Waals surface area contributed by atoms with E-state index in [1.54, 1.807) is 0 Å². The quantitative estimate of drug-likeness (QED) is 0.736.